The van der Waals surface area contributed by atoms with E-state index in [9.17, 15) is 9.59 Å². The highest BCUT2D eigenvalue weighted by atomic mass is 32.1. The first-order chi connectivity index (χ1) is 14.1. The second-order valence-corrected chi connectivity index (χ2v) is 7.71. The average molecular weight is 409 g/mol. The summed E-state index contributed by atoms with van der Waals surface area (Å²) in [7, 11) is 1.42. The highest BCUT2D eigenvalue weighted by Crippen LogP contribution is 2.46. The van der Waals surface area contributed by atoms with Crippen LogP contribution in [0.2, 0.25) is 0 Å². The van der Waals surface area contributed by atoms with Crippen molar-refractivity contribution in [2.24, 2.45) is 0 Å². The van der Waals surface area contributed by atoms with Gasteiger partial charge in [0.25, 0.3) is 5.56 Å². The number of thiophene rings is 1. The summed E-state index contributed by atoms with van der Waals surface area (Å²) < 4.78 is 22.1. The van der Waals surface area contributed by atoms with Gasteiger partial charge >= 0.3 is 5.69 Å². The van der Waals surface area contributed by atoms with Gasteiger partial charge in [0.05, 0.1) is 24.6 Å². The van der Waals surface area contributed by atoms with Gasteiger partial charge < -0.3 is 4.74 Å². The van der Waals surface area contributed by atoms with Crippen LogP contribution in [0.3, 0.4) is 0 Å². The Morgan fingerprint density at radius 1 is 1.24 bits per heavy atom. The van der Waals surface area contributed by atoms with E-state index in [4.69, 9.17) is 4.74 Å². The van der Waals surface area contributed by atoms with Crippen LogP contribution in [-0.4, -0.2) is 21.5 Å². The molecule has 4 aromatic heterocycles. The zero-order valence-corrected chi connectivity index (χ0v) is 16.3. The zero-order chi connectivity index (χ0) is 20.1. The van der Waals surface area contributed by atoms with Gasteiger partial charge in [-0.3, -0.25) is 19.2 Å². The molecule has 0 radical (unpaired) electrons. The van der Waals surface area contributed by atoms with Crippen LogP contribution in [0.25, 0.3) is 27.9 Å². The zero-order valence-electron chi connectivity index (χ0n) is 15.4. The normalized spacial score (nSPS) is 13.7. The van der Waals surface area contributed by atoms with Gasteiger partial charge in [0.1, 0.15) is 5.52 Å². The molecule has 6 nitrogen and oxygen atoms in total. The fraction of sp³-hybridized carbons (Fsp3) is 0.190. The Morgan fingerprint density at radius 2 is 2.03 bits per heavy atom. The van der Waals surface area contributed by atoms with Crippen molar-refractivity contribution >= 4 is 16.9 Å². The molecule has 0 saturated heterocycles. The maximum Gasteiger partial charge on any atom is 0.333 e. The van der Waals surface area contributed by atoms with Crippen LogP contribution in [0.5, 0.6) is 5.75 Å². The van der Waals surface area contributed by atoms with Gasteiger partial charge in [-0.25, -0.2) is 9.18 Å². The maximum atomic E-state index is 15.3. The van der Waals surface area contributed by atoms with Crippen LogP contribution in [0.1, 0.15) is 24.3 Å². The van der Waals surface area contributed by atoms with Crippen molar-refractivity contribution in [1.29, 1.82) is 0 Å². The Hall–Kier alpha value is -3.26. The lowest BCUT2D eigenvalue weighted by molar-refractivity contribution is 0.415. The Morgan fingerprint density at radius 3 is 2.72 bits per heavy atom. The third-order valence-electron chi connectivity index (χ3n) is 5.17. The molecule has 0 bridgehead atoms. The number of pyridine rings is 2. The summed E-state index contributed by atoms with van der Waals surface area (Å²) in [6.45, 7) is 0. The molecular weight excluding hydrogens is 393 g/mol. The molecule has 8 heteroatoms. The van der Waals surface area contributed by atoms with Crippen LogP contribution in [0.15, 0.2) is 50.9 Å². The molecule has 0 atom stereocenters. The first-order valence-corrected chi connectivity index (χ1v) is 10.1. The lowest BCUT2D eigenvalue weighted by Gasteiger charge is -2.16. The summed E-state index contributed by atoms with van der Waals surface area (Å²) >= 11 is 1.42. The van der Waals surface area contributed by atoms with E-state index < -0.39 is 17.1 Å². The second kappa shape index (κ2) is 6.66. The summed E-state index contributed by atoms with van der Waals surface area (Å²) in [5, 5.41) is 3.72. The van der Waals surface area contributed by atoms with Crippen molar-refractivity contribution in [3.05, 3.63) is 73.6 Å². The molecule has 1 aliphatic rings. The molecule has 0 amide bonds. The Balaban J connectivity index is 1.89. The average Bonchev–Trinajstić information content (AvgIpc) is 3.44. The molecule has 5 rings (SSSR count). The summed E-state index contributed by atoms with van der Waals surface area (Å²) in [5.41, 5.74) is 1.97. The maximum absolute atomic E-state index is 15.3. The number of halogens is 1. The minimum Gasteiger partial charge on any atom is -0.494 e. The van der Waals surface area contributed by atoms with Gasteiger partial charge in [0.15, 0.2) is 11.6 Å². The van der Waals surface area contributed by atoms with Gasteiger partial charge in [-0.1, -0.05) is 6.07 Å². The van der Waals surface area contributed by atoms with Crippen LogP contribution >= 0.6 is 11.3 Å². The number of aromatic amines is 1. The summed E-state index contributed by atoms with van der Waals surface area (Å²) in [5.74, 6) is -0.384. The first kappa shape index (κ1) is 17.8. The van der Waals surface area contributed by atoms with Crippen molar-refractivity contribution in [2.45, 2.75) is 18.8 Å². The van der Waals surface area contributed by atoms with Crippen molar-refractivity contribution < 1.29 is 9.13 Å². The Kier molecular flexibility index (Phi) is 4.09. The third kappa shape index (κ3) is 2.79. The number of nitrogens with zero attached hydrogens (tertiary/aromatic N) is 2. The SMILES string of the molecule is COc1c(-c2cscc2-c2ccccn2)c(F)cn2c(=O)[nH]c(=O)c(C3CC3)c12. The number of H-pyrrole nitrogens is 1. The van der Waals surface area contributed by atoms with E-state index in [0.717, 1.165) is 29.0 Å². The first-order valence-electron chi connectivity index (χ1n) is 9.13. The number of aromatic nitrogens is 3. The van der Waals surface area contributed by atoms with Crippen LogP contribution in [0.4, 0.5) is 4.39 Å². The summed E-state index contributed by atoms with van der Waals surface area (Å²) in [6, 6.07) is 5.53. The predicted molar refractivity (Wildman–Crippen MR) is 109 cm³/mol. The molecule has 1 fully saturated rings. The molecule has 1 N–H and O–H groups in total. The number of ether oxygens (including phenoxy) is 1. The summed E-state index contributed by atoms with van der Waals surface area (Å²) in [6.07, 6.45) is 4.50. The van der Waals surface area contributed by atoms with Gasteiger partial charge in [-0.2, -0.15) is 11.3 Å². The number of hydrogen-bond donors (Lipinski definition) is 1. The van der Waals surface area contributed by atoms with E-state index in [1.54, 1.807) is 6.20 Å². The van der Waals surface area contributed by atoms with Crippen LogP contribution in [0, 0.1) is 5.82 Å². The van der Waals surface area contributed by atoms with Crippen molar-refractivity contribution in [1.82, 2.24) is 14.4 Å². The lowest BCUT2D eigenvalue weighted by atomic mass is 9.99. The van der Waals surface area contributed by atoms with Crippen molar-refractivity contribution in [3.63, 3.8) is 0 Å². The third-order valence-corrected chi connectivity index (χ3v) is 5.91. The molecule has 4 aromatic rings. The molecule has 0 spiro atoms. The molecule has 4 heterocycles. The molecule has 0 aromatic carbocycles. The molecule has 0 aliphatic heterocycles. The van der Waals surface area contributed by atoms with E-state index in [1.807, 2.05) is 29.0 Å². The molecule has 146 valence electrons. The van der Waals surface area contributed by atoms with Crippen molar-refractivity contribution in [2.75, 3.05) is 7.11 Å². The predicted octanol–water partition coefficient (Wildman–Crippen LogP) is 3.80. The van der Waals surface area contributed by atoms with E-state index in [-0.39, 0.29) is 17.2 Å². The minimum atomic E-state index is -0.687. The highest BCUT2D eigenvalue weighted by molar-refractivity contribution is 7.08. The lowest BCUT2D eigenvalue weighted by Crippen LogP contribution is -2.29. The molecule has 1 saturated carbocycles. The molecule has 1 aliphatic carbocycles. The quantitative estimate of drug-likeness (QED) is 0.556. The van der Waals surface area contributed by atoms with Crippen LogP contribution < -0.4 is 16.0 Å². The number of fused-ring (bicyclic) bond motifs is 1. The van der Waals surface area contributed by atoms with Gasteiger partial charge in [0, 0.05) is 28.3 Å². The topological polar surface area (TPSA) is 76.5 Å². The summed E-state index contributed by atoms with van der Waals surface area (Å²) in [4.78, 5) is 31.6. The van der Waals surface area contributed by atoms with Crippen LogP contribution in [-0.2, 0) is 0 Å². The van der Waals surface area contributed by atoms with E-state index in [0.29, 0.717) is 22.3 Å². The molecule has 29 heavy (non-hydrogen) atoms. The van der Waals surface area contributed by atoms with Gasteiger partial charge in [-0.05, 0) is 36.3 Å². The van der Waals surface area contributed by atoms with Gasteiger partial charge in [0.2, 0.25) is 0 Å². The standard InChI is InChI=1S/C21H16FN3O3S/c1-28-19-17(13-10-29-9-12(13)15-4-2-3-7-23-15)14(22)8-25-18(19)16(11-5-6-11)20(26)24-21(25)27/h2-4,7-11H,5-6H2,1H3,(H,24,26,27). The van der Waals surface area contributed by atoms with E-state index >= 15 is 4.39 Å². The van der Waals surface area contributed by atoms with E-state index in [2.05, 4.69) is 9.97 Å². The Bertz CT molecular complexity index is 1350. The molecular formula is C21H16FN3O3S. The molecule has 0 unspecified atom stereocenters. The monoisotopic (exact) mass is 409 g/mol. The van der Waals surface area contributed by atoms with Gasteiger partial charge in [-0.15, -0.1) is 0 Å². The highest BCUT2D eigenvalue weighted by Gasteiger charge is 2.32. The number of nitrogens with one attached hydrogen (secondary N) is 1. The largest absolute Gasteiger partial charge is 0.494 e. The van der Waals surface area contributed by atoms with Crippen molar-refractivity contribution in [3.8, 4) is 28.1 Å². The minimum absolute atomic E-state index is 0.0410. The second-order valence-electron chi connectivity index (χ2n) is 6.97. The number of rotatable bonds is 4. The van der Waals surface area contributed by atoms with E-state index in [1.165, 1.54) is 18.4 Å². The fourth-order valence-corrected chi connectivity index (χ4v) is 4.57. The number of hydrogen-bond acceptors (Lipinski definition) is 5. The smallest absolute Gasteiger partial charge is 0.333 e. The fourth-order valence-electron chi connectivity index (χ4n) is 3.73. The Labute approximate surface area is 168 Å². The number of methoxy groups -OCH3 is 1.